The molecule has 0 radical (unpaired) electrons. The van der Waals surface area contributed by atoms with Crippen molar-refractivity contribution >= 4 is 33.1 Å². The first kappa shape index (κ1) is 13.3. The summed E-state index contributed by atoms with van der Waals surface area (Å²) in [7, 11) is 1.66. The van der Waals surface area contributed by atoms with Crippen molar-refractivity contribution < 1.29 is 9.90 Å². The first-order chi connectivity index (χ1) is 9.61. The maximum atomic E-state index is 12.3. The first-order valence-electron chi connectivity index (χ1n) is 6.69. The highest BCUT2D eigenvalue weighted by atomic mass is 32.1. The number of aliphatic hydroxyl groups excluding tert-OH is 1. The average molecular weight is 291 g/mol. The maximum absolute atomic E-state index is 12.3. The standard InChI is InChI=1S/C14H17N3O2S/c1-17(5-6-18)14(19)12-11(15)9-7-8-3-2-4-10(8)16-13(9)20-12/h7,18H,2-6,15H2,1H3. The number of carbonyl (C=O) groups excluding carboxylic acids is 1. The van der Waals surface area contributed by atoms with Crippen LogP contribution in [0.3, 0.4) is 0 Å². The van der Waals surface area contributed by atoms with Gasteiger partial charge in [0, 0.05) is 24.7 Å². The van der Waals surface area contributed by atoms with Crippen molar-refractivity contribution in [2.45, 2.75) is 19.3 Å². The van der Waals surface area contributed by atoms with Crippen molar-refractivity contribution in [2.75, 3.05) is 25.9 Å². The molecule has 3 rings (SSSR count). The van der Waals surface area contributed by atoms with Crippen LogP contribution in [0.1, 0.15) is 27.3 Å². The van der Waals surface area contributed by atoms with E-state index in [1.54, 1.807) is 7.05 Å². The molecule has 6 heteroatoms. The molecule has 3 N–H and O–H groups in total. The number of aliphatic hydroxyl groups is 1. The van der Waals surface area contributed by atoms with Crippen LogP contribution in [0, 0.1) is 0 Å². The largest absolute Gasteiger partial charge is 0.397 e. The highest BCUT2D eigenvalue weighted by Crippen LogP contribution is 2.36. The van der Waals surface area contributed by atoms with Gasteiger partial charge in [0.15, 0.2) is 0 Å². The second-order valence-corrected chi connectivity index (χ2v) is 6.09. The number of thiophene rings is 1. The van der Waals surface area contributed by atoms with E-state index in [1.807, 2.05) is 0 Å². The number of rotatable bonds is 3. The third-order valence-electron chi connectivity index (χ3n) is 3.73. The molecule has 1 amide bonds. The third kappa shape index (κ3) is 2.05. The van der Waals surface area contributed by atoms with Crippen LogP contribution >= 0.6 is 11.3 Å². The smallest absolute Gasteiger partial charge is 0.265 e. The summed E-state index contributed by atoms with van der Waals surface area (Å²) < 4.78 is 0. The van der Waals surface area contributed by atoms with E-state index in [4.69, 9.17) is 10.8 Å². The predicted molar refractivity (Wildman–Crippen MR) is 80.1 cm³/mol. The number of likely N-dealkylation sites (N-methyl/N-ethyl adjacent to an activating group) is 1. The minimum Gasteiger partial charge on any atom is -0.397 e. The number of aryl methyl sites for hydroxylation is 2. The molecule has 106 valence electrons. The van der Waals surface area contributed by atoms with Gasteiger partial charge in [-0.15, -0.1) is 11.3 Å². The number of hydrogen-bond acceptors (Lipinski definition) is 5. The molecule has 0 fully saturated rings. The van der Waals surface area contributed by atoms with Crippen molar-refractivity contribution in [1.82, 2.24) is 9.88 Å². The first-order valence-corrected chi connectivity index (χ1v) is 7.50. The van der Waals surface area contributed by atoms with Gasteiger partial charge in [0.1, 0.15) is 9.71 Å². The van der Waals surface area contributed by atoms with Crippen molar-refractivity contribution in [3.05, 3.63) is 22.2 Å². The number of amides is 1. The minimum atomic E-state index is -0.153. The Morgan fingerprint density at radius 2 is 2.35 bits per heavy atom. The number of hydrogen-bond donors (Lipinski definition) is 2. The van der Waals surface area contributed by atoms with Crippen molar-refractivity contribution in [1.29, 1.82) is 0 Å². The molecular weight excluding hydrogens is 274 g/mol. The Balaban J connectivity index is 2.05. The van der Waals surface area contributed by atoms with Crippen LogP contribution in [0.2, 0.25) is 0 Å². The van der Waals surface area contributed by atoms with Gasteiger partial charge < -0.3 is 15.7 Å². The van der Waals surface area contributed by atoms with E-state index >= 15 is 0 Å². The van der Waals surface area contributed by atoms with Crippen LogP contribution in [0.4, 0.5) is 5.69 Å². The van der Waals surface area contributed by atoms with E-state index in [2.05, 4.69) is 11.1 Å². The maximum Gasteiger partial charge on any atom is 0.265 e. The molecule has 0 atom stereocenters. The zero-order valence-electron chi connectivity index (χ0n) is 11.3. The van der Waals surface area contributed by atoms with E-state index < -0.39 is 0 Å². The second kappa shape index (κ2) is 5.03. The Morgan fingerprint density at radius 3 is 3.10 bits per heavy atom. The number of aromatic nitrogens is 1. The third-order valence-corrected chi connectivity index (χ3v) is 4.83. The molecule has 0 aromatic carbocycles. The SMILES string of the molecule is CN(CCO)C(=O)c1sc2nc3c(cc2c1N)CCC3. The fraction of sp³-hybridized carbons (Fsp3) is 0.429. The van der Waals surface area contributed by atoms with Gasteiger partial charge in [-0.2, -0.15) is 0 Å². The van der Waals surface area contributed by atoms with Gasteiger partial charge in [-0.1, -0.05) is 0 Å². The summed E-state index contributed by atoms with van der Waals surface area (Å²) in [4.78, 5) is 19.8. The summed E-state index contributed by atoms with van der Waals surface area (Å²) in [5, 5.41) is 9.81. The Bertz CT molecular complexity index is 681. The Morgan fingerprint density at radius 1 is 1.55 bits per heavy atom. The zero-order chi connectivity index (χ0) is 14.3. The van der Waals surface area contributed by atoms with Gasteiger partial charge in [-0.25, -0.2) is 4.98 Å². The van der Waals surface area contributed by atoms with Gasteiger partial charge >= 0.3 is 0 Å². The second-order valence-electron chi connectivity index (χ2n) is 5.10. The fourth-order valence-corrected chi connectivity index (χ4v) is 3.67. The van der Waals surface area contributed by atoms with E-state index in [1.165, 1.54) is 21.8 Å². The molecule has 2 aromatic heterocycles. The molecular formula is C14H17N3O2S. The molecule has 2 aromatic rings. The number of nitrogens with zero attached hydrogens (tertiary/aromatic N) is 2. The van der Waals surface area contributed by atoms with Crippen LogP contribution in [0.5, 0.6) is 0 Å². The van der Waals surface area contributed by atoms with Crippen LogP contribution in [-0.4, -0.2) is 41.1 Å². The van der Waals surface area contributed by atoms with E-state index in [9.17, 15) is 4.79 Å². The summed E-state index contributed by atoms with van der Waals surface area (Å²) in [6.45, 7) is 0.246. The lowest BCUT2D eigenvalue weighted by Gasteiger charge is -2.14. The Hall–Kier alpha value is -1.66. The van der Waals surface area contributed by atoms with E-state index in [-0.39, 0.29) is 12.5 Å². The monoisotopic (exact) mass is 291 g/mol. The van der Waals surface area contributed by atoms with Crippen molar-refractivity contribution in [3.8, 4) is 0 Å². The van der Waals surface area contributed by atoms with Gasteiger partial charge in [0.05, 0.1) is 12.3 Å². The molecule has 5 nitrogen and oxygen atoms in total. The van der Waals surface area contributed by atoms with Crippen LogP contribution in [0.25, 0.3) is 10.2 Å². The lowest BCUT2D eigenvalue weighted by atomic mass is 10.1. The molecule has 0 bridgehead atoms. The lowest BCUT2D eigenvalue weighted by molar-refractivity contribution is 0.0772. The quantitative estimate of drug-likeness (QED) is 0.896. The number of nitrogen functional groups attached to an aromatic ring is 1. The molecule has 0 saturated heterocycles. The fourth-order valence-electron chi connectivity index (χ4n) is 2.58. The van der Waals surface area contributed by atoms with Crippen molar-refractivity contribution in [2.24, 2.45) is 0 Å². The molecule has 2 heterocycles. The highest BCUT2D eigenvalue weighted by molar-refractivity contribution is 7.21. The molecule has 0 saturated carbocycles. The van der Waals surface area contributed by atoms with Crippen LogP contribution < -0.4 is 5.73 Å². The van der Waals surface area contributed by atoms with Gasteiger partial charge in [0.25, 0.3) is 5.91 Å². The van der Waals surface area contributed by atoms with Crippen molar-refractivity contribution in [3.63, 3.8) is 0 Å². The summed E-state index contributed by atoms with van der Waals surface area (Å²) in [6.07, 6.45) is 3.20. The normalized spacial score (nSPS) is 13.7. The molecule has 1 aliphatic rings. The van der Waals surface area contributed by atoms with Crippen LogP contribution in [0.15, 0.2) is 6.07 Å². The van der Waals surface area contributed by atoms with Crippen LogP contribution in [-0.2, 0) is 12.8 Å². The summed E-state index contributed by atoms with van der Waals surface area (Å²) >= 11 is 1.34. The van der Waals surface area contributed by atoms with Gasteiger partial charge in [-0.3, -0.25) is 4.79 Å². The van der Waals surface area contributed by atoms with E-state index in [0.29, 0.717) is 17.1 Å². The Labute approximate surface area is 121 Å². The van der Waals surface area contributed by atoms with Gasteiger partial charge in [0.2, 0.25) is 0 Å². The molecule has 0 unspecified atom stereocenters. The number of anilines is 1. The number of carbonyl (C=O) groups is 1. The number of pyridine rings is 1. The highest BCUT2D eigenvalue weighted by Gasteiger charge is 2.22. The lowest BCUT2D eigenvalue weighted by Crippen LogP contribution is -2.29. The van der Waals surface area contributed by atoms with E-state index in [0.717, 1.165) is 35.2 Å². The predicted octanol–water partition coefficient (Wildman–Crippen LogP) is 1.43. The van der Waals surface area contributed by atoms with Gasteiger partial charge in [-0.05, 0) is 30.9 Å². The molecule has 0 spiro atoms. The summed E-state index contributed by atoms with van der Waals surface area (Å²) in [6, 6.07) is 2.08. The molecule has 20 heavy (non-hydrogen) atoms. The molecule has 1 aliphatic carbocycles. The number of nitrogens with two attached hydrogens (primary N) is 1. The topological polar surface area (TPSA) is 79.5 Å². The summed E-state index contributed by atoms with van der Waals surface area (Å²) in [5.74, 6) is -0.153. The molecule has 0 aliphatic heterocycles. The minimum absolute atomic E-state index is 0.0560. The zero-order valence-corrected chi connectivity index (χ0v) is 12.2. The average Bonchev–Trinajstić information content (AvgIpc) is 3.01. The Kier molecular flexibility index (Phi) is 3.35. The summed E-state index contributed by atoms with van der Waals surface area (Å²) in [5.41, 5.74) is 9.04. The number of fused-ring (bicyclic) bond motifs is 2.